The van der Waals surface area contributed by atoms with Crippen LogP contribution >= 0.6 is 7.37 Å². The first-order valence-electron chi connectivity index (χ1n) is 8.02. The first-order valence-corrected chi connectivity index (χ1v) is 9.83. The van der Waals surface area contributed by atoms with Gasteiger partial charge in [-0.05, 0) is 37.8 Å². The molecule has 1 fully saturated rings. The van der Waals surface area contributed by atoms with Gasteiger partial charge in [-0.15, -0.1) is 6.58 Å². The van der Waals surface area contributed by atoms with Gasteiger partial charge in [0.25, 0.3) is 0 Å². The maximum atomic E-state index is 13.9. The Morgan fingerprint density at radius 1 is 1.46 bits per heavy atom. The van der Waals surface area contributed by atoms with Crippen LogP contribution in [-0.2, 0) is 20.0 Å². The zero-order chi connectivity index (χ0) is 17.8. The number of hydrogen-bond donors (Lipinski definition) is 1. The van der Waals surface area contributed by atoms with E-state index in [-0.39, 0.29) is 24.3 Å². The van der Waals surface area contributed by atoms with Crippen LogP contribution in [0.4, 0.5) is 8.78 Å². The Kier molecular flexibility index (Phi) is 6.32. The van der Waals surface area contributed by atoms with Gasteiger partial charge >= 0.3 is 0 Å². The SMILES string of the molecule is C=CCOCC[C@@H]1C[C@]1(N)P(=O)(Cc1c(F)cccc1F)OCC. The Balaban J connectivity index is 2.13. The van der Waals surface area contributed by atoms with E-state index in [9.17, 15) is 13.3 Å². The van der Waals surface area contributed by atoms with E-state index in [2.05, 4.69) is 6.58 Å². The zero-order valence-electron chi connectivity index (χ0n) is 13.8. The average Bonchev–Trinajstić information content (AvgIpc) is 3.21. The number of ether oxygens (including phenoxy) is 1. The molecule has 2 rings (SSSR count). The lowest BCUT2D eigenvalue weighted by molar-refractivity contribution is 0.154. The van der Waals surface area contributed by atoms with Gasteiger partial charge in [-0.25, -0.2) is 8.78 Å². The van der Waals surface area contributed by atoms with E-state index in [1.165, 1.54) is 6.07 Å². The molecule has 0 saturated heterocycles. The molecule has 0 heterocycles. The van der Waals surface area contributed by atoms with E-state index in [1.807, 2.05) is 0 Å². The van der Waals surface area contributed by atoms with Gasteiger partial charge in [0.2, 0.25) is 7.37 Å². The summed E-state index contributed by atoms with van der Waals surface area (Å²) in [5.74, 6) is -1.51. The minimum Gasteiger partial charge on any atom is -0.377 e. The smallest absolute Gasteiger partial charge is 0.227 e. The monoisotopic (exact) mass is 359 g/mol. The predicted molar refractivity (Wildman–Crippen MR) is 90.0 cm³/mol. The number of benzene rings is 1. The number of rotatable bonds is 10. The molecule has 0 aliphatic heterocycles. The van der Waals surface area contributed by atoms with Crippen molar-refractivity contribution in [1.29, 1.82) is 0 Å². The van der Waals surface area contributed by atoms with E-state index >= 15 is 0 Å². The summed E-state index contributed by atoms with van der Waals surface area (Å²) in [6, 6.07) is 3.56. The molecule has 7 heteroatoms. The normalized spacial score (nSPS) is 25.2. The molecule has 0 bridgehead atoms. The fourth-order valence-corrected chi connectivity index (χ4v) is 5.86. The highest BCUT2D eigenvalue weighted by Gasteiger charge is 2.63. The van der Waals surface area contributed by atoms with Crippen LogP contribution in [0.3, 0.4) is 0 Å². The average molecular weight is 359 g/mol. The van der Waals surface area contributed by atoms with Crippen molar-refractivity contribution < 1.29 is 22.6 Å². The molecule has 0 spiro atoms. The molecular weight excluding hydrogens is 335 g/mol. The molecule has 134 valence electrons. The van der Waals surface area contributed by atoms with Crippen molar-refractivity contribution in [2.24, 2.45) is 11.7 Å². The summed E-state index contributed by atoms with van der Waals surface area (Å²) in [5.41, 5.74) is 6.08. The fraction of sp³-hybridized carbons (Fsp3) is 0.529. The Labute approximate surface area is 141 Å². The lowest BCUT2D eigenvalue weighted by Crippen LogP contribution is -2.28. The van der Waals surface area contributed by atoms with Gasteiger partial charge in [-0.1, -0.05) is 12.1 Å². The van der Waals surface area contributed by atoms with Gasteiger partial charge in [-0.3, -0.25) is 4.57 Å². The van der Waals surface area contributed by atoms with Gasteiger partial charge in [0.05, 0.1) is 24.7 Å². The van der Waals surface area contributed by atoms with Gasteiger partial charge in [-0.2, -0.15) is 0 Å². The van der Waals surface area contributed by atoms with Crippen LogP contribution in [0, 0.1) is 17.6 Å². The molecule has 0 aromatic heterocycles. The van der Waals surface area contributed by atoms with Crippen LogP contribution in [0.15, 0.2) is 30.9 Å². The summed E-state index contributed by atoms with van der Waals surface area (Å²) in [6.07, 6.45) is 2.44. The van der Waals surface area contributed by atoms with Crippen LogP contribution in [-0.4, -0.2) is 25.1 Å². The standard InChI is InChI=1S/C17H24F2NO3P/c1-3-9-22-10-8-13-11-17(13,20)24(21,23-4-2)12-14-15(18)6-5-7-16(14)19/h3,5-7,13H,1,4,8-12,20H2,2H3/t13-,17+,24?/m1/s1. The van der Waals surface area contributed by atoms with Crippen molar-refractivity contribution in [2.75, 3.05) is 19.8 Å². The van der Waals surface area contributed by atoms with Crippen molar-refractivity contribution in [2.45, 2.75) is 31.2 Å². The largest absolute Gasteiger partial charge is 0.377 e. The molecule has 1 unspecified atom stereocenters. The second-order valence-corrected chi connectivity index (χ2v) is 8.75. The highest BCUT2D eigenvalue weighted by Crippen LogP contribution is 2.72. The predicted octanol–water partition coefficient (Wildman–Crippen LogP) is 4.05. The van der Waals surface area contributed by atoms with E-state index < -0.39 is 24.3 Å². The van der Waals surface area contributed by atoms with Crippen LogP contribution in [0.2, 0.25) is 0 Å². The van der Waals surface area contributed by atoms with Gasteiger partial charge < -0.3 is 15.0 Å². The maximum Gasteiger partial charge on any atom is 0.227 e. The maximum absolute atomic E-state index is 13.9. The molecule has 0 amide bonds. The van der Waals surface area contributed by atoms with Gasteiger partial charge in [0, 0.05) is 12.2 Å². The molecule has 1 aromatic carbocycles. The molecule has 1 aromatic rings. The van der Waals surface area contributed by atoms with Crippen molar-refractivity contribution in [3.05, 3.63) is 48.1 Å². The zero-order valence-corrected chi connectivity index (χ0v) is 14.7. The summed E-state index contributed by atoms with van der Waals surface area (Å²) in [6.45, 7) is 6.34. The number of halogens is 2. The summed E-state index contributed by atoms with van der Waals surface area (Å²) in [7, 11) is -3.46. The molecule has 2 N–H and O–H groups in total. The highest BCUT2D eigenvalue weighted by molar-refractivity contribution is 7.60. The van der Waals surface area contributed by atoms with E-state index in [1.54, 1.807) is 13.0 Å². The third-order valence-electron chi connectivity index (χ3n) is 4.37. The van der Waals surface area contributed by atoms with Crippen LogP contribution in [0.25, 0.3) is 0 Å². The number of nitrogens with two attached hydrogens (primary N) is 1. The van der Waals surface area contributed by atoms with Gasteiger partial charge in [0.15, 0.2) is 0 Å². The quantitative estimate of drug-likeness (QED) is 0.389. The van der Waals surface area contributed by atoms with Crippen molar-refractivity contribution in [1.82, 2.24) is 0 Å². The van der Waals surface area contributed by atoms with E-state index in [4.69, 9.17) is 15.0 Å². The molecule has 3 atom stereocenters. The Morgan fingerprint density at radius 3 is 2.71 bits per heavy atom. The minimum atomic E-state index is -3.46. The topological polar surface area (TPSA) is 61.5 Å². The van der Waals surface area contributed by atoms with Crippen molar-refractivity contribution in [3.8, 4) is 0 Å². The molecule has 1 aliphatic carbocycles. The Hall–Kier alpha value is -1.07. The van der Waals surface area contributed by atoms with E-state index in [0.717, 1.165) is 12.1 Å². The second kappa shape index (κ2) is 7.87. The summed E-state index contributed by atoms with van der Waals surface area (Å²) < 4.78 is 52.0. The molecule has 1 aliphatic rings. The first kappa shape index (κ1) is 19.3. The van der Waals surface area contributed by atoms with Crippen LogP contribution in [0.1, 0.15) is 25.3 Å². The van der Waals surface area contributed by atoms with Gasteiger partial charge in [0.1, 0.15) is 11.6 Å². The second-order valence-electron chi connectivity index (χ2n) is 5.99. The van der Waals surface area contributed by atoms with Crippen molar-refractivity contribution >= 4 is 7.37 Å². The van der Waals surface area contributed by atoms with Crippen molar-refractivity contribution in [3.63, 3.8) is 0 Å². The van der Waals surface area contributed by atoms with E-state index in [0.29, 0.717) is 26.1 Å². The Bertz CT molecular complexity index is 620. The summed E-state index contributed by atoms with van der Waals surface area (Å²) in [4.78, 5) is 0. The lowest BCUT2D eigenvalue weighted by atomic mass is 10.2. The third-order valence-corrected chi connectivity index (χ3v) is 7.59. The third kappa shape index (κ3) is 3.94. The Morgan fingerprint density at radius 2 is 2.12 bits per heavy atom. The molecular formula is C17H24F2NO3P. The number of hydrogen-bond acceptors (Lipinski definition) is 4. The molecule has 0 radical (unpaired) electrons. The van der Waals surface area contributed by atoms with Crippen LogP contribution < -0.4 is 5.73 Å². The molecule has 4 nitrogen and oxygen atoms in total. The molecule has 24 heavy (non-hydrogen) atoms. The first-order chi connectivity index (χ1) is 11.4. The minimum absolute atomic E-state index is 0.0467. The fourth-order valence-electron chi connectivity index (χ4n) is 2.91. The molecule has 1 saturated carbocycles. The lowest BCUT2D eigenvalue weighted by Gasteiger charge is -2.26. The summed E-state index contributed by atoms with van der Waals surface area (Å²) >= 11 is 0. The summed E-state index contributed by atoms with van der Waals surface area (Å²) in [5, 5.41) is -1.05. The highest BCUT2D eigenvalue weighted by atomic mass is 31.2. The van der Waals surface area contributed by atoms with Crippen LogP contribution in [0.5, 0.6) is 0 Å².